The minimum atomic E-state index is 0.661. The summed E-state index contributed by atoms with van der Waals surface area (Å²) in [5, 5.41) is 8.96. The number of nitrogen functional groups attached to an aromatic ring is 1. The fourth-order valence-electron chi connectivity index (χ4n) is 3.27. The number of nitrogens with one attached hydrogen (secondary N) is 1. The van der Waals surface area contributed by atoms with Crippen molar-refractivity contribution >= 4 is 45.3 Å². The van der Waals surface area contributed by atoms with Crippen molar-refractivity contribution in [3.8, 4) is 0 Å². The van der Waals surface area contributed by atoms with E-state index in [0.717, 1.165) is 33.4 Å². The van der Waals surface area contributed by atoms with E-state index in [1.54, 1.807) is 4.52 Å². The number of benzene rings is 2. The lowest BCUT2D eigenvalue weighted by Crippen LogP contribution is -1.98. The van der Waals surface area contributed by atoms with Crippen LogP contribution in [0.3, 0.4) is 0 Å². The first-order valence-electron chi connectivity index (χ1n) is 9.00. The van der Waals surface area contributed by atoms with Crippen molar-refractivity contribution < 1.29 is 0 Å². The van der Waals surface area contributed by atoms with Crippen molar-refractivity contribution in [1.82, 2.24) is 24.6 Å². The molecule has 0 fully saturated rings. The maximum absolute atomic E-state index is 6.56. The number of hydrogen-bond donors (Lipinski definition) is 2. The number of rotatable bonds is 4. The van der Waals surface area contributed by atoms with Crippen LogP contribution in [0.5, 0.6) is 0 Å². The molecule has 0 atom stereocenters. The molecule has 0 unspecified atom stereocenters. The van der Waals surface area contributed by atoms with Crippen LogP contribution in [0.15, 0.2) is 67.4 Å². The molecule has 0 spiro atoms. The summed E-state index contributed by atoms with van der Waals surface area (Å²) in [6, 6.07) is 15.5. The molecular formula is C21H16ClN7. The molecule has 2 aromatic carbocycles. The van der Waals surface area contributed by atoms with E-state index in [2.05, 4.69) is 25.4 Å². The summed E-state index contributed by atoms with van der Waals surface area (Å²) in [4.78, 5) is 12.9. The first-order valence-corrected chi connectivity index (χ1v) is 9.37. The van der Waals surface area contributed by atoms with Gasteiger partial charge in [0.2, 0.25) is 0 Å². The third-order valence-electron chi connectivity index (χ3n) is 4.71. The van der Waals surface area contributed by atoms with E-state index in [9.17, 15) is 0 Å². The molecule has 0 amide bonds. The highest BCUT2D eigenvalue weighted by Gasteiger charge is 2.08. The van der Waals surface area contributed by atoms with Crippen molar-refractivity contribution in [2.45, 2.75) is 6.42 Å². The minimum Gasteiger partial charge on any atom is -0.399 e. The maximum atomic E-state index is 6.56. The molecule has 0 aliphatic carbocycles. The summed E-state index contributed by atoms with van der Waals surface area (Å²) in [5.74, 6) is 0.684. The molecule has 7 nitrogen and oxygen atoms in total. The van der Waals surface area contributed by atoms with Gasteiger partial charge in [0, 0.05) is 28.0 Å². The summed E-state index contributed by atoms with van der Waals surface area (Å²) < 4.78 is 1.73. The number of halogens is 1. The summed E-state index contributed by atoms with van der Waals surface area (Å²) in [7, 11) is 0. The quantitative estimate of drug-likeness (QED) is 0.437. The number of pyridine rings is 1. The fraction of sp³-hybridized carbons (Fsp3) is 0.0476. The molecule has 0 saturated carbocycles. The highest BCUT2D eigenvalue weighted by atomic mass is 35.5. The highest BCUT2D eigenvalue weighted by Crippen LogP contribution is 2.28. The zero-order valence-corrected chi connectivity index (χ0v) is 16.0. The van der Waals surface area contributed by atoms with Gasteiger partial charge in [0.25, 0.3) is 0 Å². The predicted molar refractivity (Wildman–Crippen MR) is 114 cm³/mol. The Morgan fingerprint density at radius 2 is 1.90 bits per heavy atom. The third-order valence-corrected chi connectivity index (χ3v) is 5.07. The van der Waals surface area contributed by atoms with Crippen LogP contribution in [-0.4, -0.2) is 24.6 Å². The summed E-state index contributed by atoms with van der Waals surface area (Å²) in [5.41, 5.74) is 11.2. The van der Waals surface area contributed by atoms with Crippen molar-refractivity contribution in [1.29, 1.82) is 0 Å². The van der Waals surface area contributed by atoms with Crippen LogP contribution in [0.25, 0.3) is 16.6 Å². The Hall–Kier alpha value is -3.71. The van der Waals surface area contributed by atoms with Crippen molar-refractivity contribution in [2.75, 3.05) is 11.1 Å². The Kier molecular flexibility index (Phi) is 4.22. The lowest BCUT2D eigenvalue weighted by atomic mass is 10.1. The second-order valence-electron chi connectivity index (χ2n) is 6.70. The molecule has 8 heteroatoms. The summed E-state index contributed by atoms with van der Waals surface area (Å²) >= 11 is 6.56. The largest absolute Gasteiger partial charge is 0.399 e. The molecule has 0 aliphatic heterocycles. The van der Waals surface area contributed by atoms with Gasteiger partial charge < -0.3 is 11.1 Å². The molecule has 0 radical (unpaired) electrons. The van der Waals surface area contributed by atoms with Gasteiger partial charge in [0.05, 0.1) is 5.52 Å². The normalized spacial score (nSPS) is 11.2. The number of anilines is 3. The van der Waals surface area contributed by atoms with Gasteiger partial charge in [-0.3, -0.25) is 0 Å². The molecule has 5 aromatic rings. The van der Waals surface area contributed by atoms with Crippen LogP contribution in [0.1, 0.15) is 11.1 Å². The molecule has 29 heavy (non-hydrogen) atoms. The van der Waals surface area contributed by atoms with Gasteiger partial charge in [-0.05, 0) is 60.0 Å². The van der Waals surface area contributed by atoms with E-state index in [-0.39, 0.29) is 0 Å². The molecule has 3 heterocycles. The van der Waals surface area contributed by atoms with Crippen LogP contribution in [-0.2, 0) is 6.42 Å². The number of nitrogens with two attached hydrogens (primary N) is 1. The number of hydrogen-bond acceptors (Lipinski definition) is 6. The monoisotopic (exact) mass is 401 g/mol. The van der Waals surface area contributed by atoms with Crippen molar-refractivity contribution in [3.05, 3.63) is 83.5 Å². The van der Waals surface area contributed by atoms with Crippen LogP contribution in [0, 0.1) is 0 Å². The first kappa shape index (κ1) is 17.4. The number of aromatic nitrogens is 5. The zero-order chi connectivity index (χ0) is 19.8. The number of nitrogens with zero attached hydrogens (tertiary/aromatic N) is 5. The van der Waals surface area contributed by atoms with Crippen LogP contribution < -0.4 is 11.1 Å². The molecular weight excluding hydrogens is 386 g/mol. The van der Waals surface area contributed by atoms with Crippen molar-refractivity contribution in [2.24, 2.45) is 0 Å². The third kappa shape index (κ3) is 3.43. The smallest absolute Gasteiger partial charge is 0.155 e. The van der Waals surface area contributed by atoms with Gasteiger partial charge in [-0.2, -0.15) is 5.10 Å². The second kappa shape index (κ2) is 7.03. The van der Waals surface area contributed by atoms with Crippen LogP contribution in [0.4, 0.5) is 17.2 Å². The lowest BCUT2D eigenvalue weighted by molar-refractivity contribution is 0.954. The van der Waals surface area contributed by atoms with Crippen LogP contribution >= 0.6 is 11.6 Å². The Labute approximate surface area is 171 Å². The van der Waals surface area contributed by atoms with E-state index in [4.69, 9.17) is 17.3 Å². The average molecular weight is 402 g/mol. The van der Waals surface area contributed by atoms with E-state index < -0.39 is 0 Å². The summed E-state index contributed by atoms with van der Waals surface area (Å²) in [6.07, 6.45) is 5.66. The van der Waals surface area contributed by atoms with Crippen LogP contribution in [0.2, 0.25) is 5.02 Å². The lowest BCUT2D eigenvalue weighted by Gasteiger charge is -2.11. The Morgan fingerprint density at radius 3 is 2.79 bits per heavy atom. The van der Waals surface area contributed by atoms with Gasteiger partial charge in [-0.25, -0.2) is 19.5 Å². The molecule has 142 valence electrons. The second-order valence-corrected chi connectivity index (χ2v) is 7.11. The molecule has 3 N–H and O–H groups in total. The van der Waals surface area contributed by atoms with Gasteiger partial charge in [0.1, 0.15) is 18.5 Å². The first-order chi connectivity index (χ1) is 14.2. The molecule has 5 rings (SSSR count). The molecule has 0 saturated heterocycles. The van der Waals surface area contributed by atoms with E-state index in [1.165, 1.54) is 12.7 Å². The fourth-order valence-corrected chi connectivity index (χ4v) is 3.51. The Bertz CT molecular complexity index is 1350. The SMILES string of the molecule is Nc1ccc2ncnc(Nc3ccc(Cc4ccn5ncnc5c4)c(Cl)c3)c2c1. The van der Waals surface area contributed by atoms with E-state index in [1.807, 2.05) is 54.7 Å². The molecule has 0 bridgehead atoms. The summed E-state index contributed by atoms with van der Waals surface area (Å²) in [6.45, 7) is 0. The van der Waals surface area contributed by atoms with E-state index >= 15 is 0 Å². The van der Waals surface area contributed by atoms with Gasteiger partial charge in [-0.1, -0.05) is 17.7 Å². The molecule has 0 aliphatic rings. The topological polar surface area (TPSA) is 94.0 Å². The van der Waals surface area contributed by atoms with Crippen molar-refractivity contribution in [3.63, 3.8) is 0 Å². The van der Waals surface area contributed by atoms with E-state index in [0.29, 0.717) is 22.9 Å². The van der Waals surface area contributed by atoms with Gasteiger partial charge in [0.15, 0.2) is 5.65 Å². The standard InChI is InChI=1S/C21H16ClN7/c22-18-10-16(28-21-17-9-15(23)2-4-19(17)24-11-26-21)3-1-14(18)7-13-5-6-29-20(8-13)25-12-27-29/h1-6,8-12H,7,23H2,(H,24,26,28). The van der Waals surface area contributed by atoms with Gasteiger partial charge in [-0.15, -0.1) is 0 Å². The average Bonchev–Trinajstić information content (AvgIpc) is 3.18. The number of fused-ring (bicyclic) bond motifs is 2. The molecule has 3 aromatic heterocycles. The zero-order valence-electron chi connectivity index (χ0n) is 15.2. The minimum absolute atomic E-state index is 0.661. The maximum Gasteiger partial charge on any atom is 0.155 e. The Balaban J connectivity index is 1.42. The van der Waals surface area contributed by atoms with Gasteiger partial charge >= 0.3 is 0 Å². The predicted octanol–water partition coefficient (Wildman–Crippen LogP) is 4.24. The Morgan fingerprint density at radius 1 is 0.966 bits per heavy atom. The highest BCUT2D eigenvalue weighted by molar-refractivity contribution is 6.31.